The summed E-state index contributed by atoms with van der Waals surface area (Å²) in [5, 5.41) is 12.3. The molecule has 4 aromatic heterocycles. The molecular weight excluding hydrogens is 869 g/mol. The number of nitrogens with zero attached hydrogens (tertiary/aromatic N) is 6. The molecule has 0 bridgehead atoms. The fourth-order valence-corrected chi connectivity index (χ4v) is 16.3. The lowest BCUT2D eigenvalue weighted by atomic mass is 10.1. The van der Waals surface area contributed by atoms with Gasteiger partial charge in [0.2, 0.25) is 11.9 Å². The number of aromatic nitrogens is 6. The van der Waals surface area contributed by atoms with Gasteiger partial charge in [-0.25, -0.2) is 0 Å². The summed E-state index contributed by atoms with van der Waals surface area (Å²) in [6.07, 6.45) is 0. The maximum atomic E-state index is 5.43. The monoisotopic (exact) mass is 910 g/mol. The zero-order valence-corrected chi connectivity index (χ0v) is 38.9. The fourth-order valence-electron chi connectivity index (χ4n) is 11.4. The fraction of sp³-hybridized carbons (Fsp3) is 0. The van der Waals surface area contributed by atoms with Crippen LogP contribution < -0.4 is 20.7 Å². The van der Waals surface area contributed by atoms with Gasteiger partial charge in [-0.2, -0.15) is 15.0 Å². The highest BCUT2D eigenvalue weighted by molar-refractivity contribution is 7.20. The van der Waals surface area contributed by atoms with Gasteiger partial charge < -0.3 is 4.57 Å². The molecule has 0 N–H and O–H groups in total. The topological polar surface area (TPSA) is 53.5 Å². The molecule has 0 saturated heterocycles. The first-order valence-corrected chi connectivity index (χ1v) is 25.8. The van der Waals surface area contributed by atoms with Crippen molar-refractivity contribution in [2.75, 3.05) is 0 Å². The molecule has 70 heavy (non-hydrogen) atoms. The predicted molar refractivity (Wildman–Crippen MR) is 292 cm³/mol. The molecular formula is C63H42N6Si. The SMILES string of the molecule is c1ccc(-n2c3ccccc3c3c([Si](c4ccccc4)(c4ccccc4)c4ccc(-c5nc(-n6c7ccccc7c7ccccc76)nc(-n6c7ccccc7c7ccccc76)n5)cc4)cccc32)cc1. The summed E-state index contributed by atoms with van der Waals surface area (Å²) in [7, 11) is -3.10. The van der Waals surface area contributed by atoms with Crippen LogP contribution in [-0.4, -0.2) is 36.7 Å². The van der Waals surface area contributed by atoms with Gasteiger partial charge in [-0.15, -0.1) is 0 Å². The van der Waals surface area contributed by atoms with Crippen molar-refractivity contribution in [1.29, 1.82) is 0 Å². The van der Waals surface area contributed by atoms with Gasteiger partial charge in [0.05, 0.1) is 33.1 Å². The summed E-state index contributed by atoms with van der Waals surface area (Å²) in [4.78, 5) is 16.3. The maximum absolute atomic E-state index is 5.43. The summed E-state index contributed by atoms with van der Waals surface area (Å²) < 4.78 is 6.81. The standard InChI is InChI=1S/C63H42N6Si/c1-4-21-44(22-5-1)67-57-36-19-14-31-52(57)60-58(67)37-20-38-59(60)70(45-23-6-2-7-24-45,46-25-8-3-9-26-46)47-41-39-43(40-42-47)61-64-62(68-53-32-15-10-27-48(53)49-28-11-16-33-54(49)68)66-63(65-61)69-55-34-17-12-29-50(55)51-30-13-18-35-56(51)69/h1-42H. The van der Waals surface area contributed by atoms with Gasteiger partial charge in [0.25, 0.3) is 0 Å². The van der Waals surface area contributed by atoms with Gasteiger partial charge in [0, 0.05) is 43.6 Å². The van der Waals surface area contributed by atoms with E-state index in [2.05, 4.69) is 268 Å². The summed E-state index contributed by atoms with van der Waals surface area (Å²) in [5.74, 6) is 1.71. The van der Waals surface area contributed by atoms with Crippen LogP contribution in [-0.2, 0) is 0 Å². The average molecular weight is 911 g/mol. The average Bonchev–Trinajstić information content (AvgIpc) is 4.08. The second-order valence-corrected chi connectivity index (χ2v) is 21.7. The third kappa shape index (κ3) is 5.95. The van der Waals surface area contributed by atoms with Crippen LogP contribution in [0.3, 0.4) is 0 Å². The first kappa shape index (κ1) is 39.9. The Hall–Kier alpha value is -9.17. The quantitative estimate of drug-likeness (QED) is 0.113. The Balaban J connectivity index is 1.04. The van der Waals surface area contributed by atoms with Crippen molar-refractivity contribution in [1.82, 2.24) is 28.7 Å². The molecule has 0 aliphatic heterocycles. The van der Waals surface area contributed by atoms with Gasteiger partial charge in [-0.05, 0) is 69.3 Å². The number of hydrogen-bond donors (Lipinski definition) is 0. The first-order chi connectivity index (χ1) is 34.8. The van der Waals surface area contributed by atoms with Crippen molar-refractivity contribution in [3.05, 3.63) is 255 Å². The Morgan fingerprint density at radius 1 is 0.271 bits per heavy atom. The summed E-state index contributed by atoms with van der Waals surface area (Å²) in [6, 6.07) is 92.2. The van der Waals surface area contributed by atoms with E-state index < -0.39 is 8.07 Å². The molecule has 0 amide bonds. The van der Waals surface area contributed by atoms with Crippen LogP contribution in [0.1, 0.15) is 0 Å². The van der Waals surface area contributed by atoms with Crippen molar-refractivity contribution < 1.29 is 0 Å². The molecule has 0 saturated carbocycles. The third-order valence-electron chi connectivity index (χ3n) is 14.3. The first-order valence-electron chi connectivity index (χ1n) is 23.8. The minimum Gasteiger partial charge on any atom is -0.309 e. The van der Waals surface area contributed by atoms with Crippen molar-refractivity contribution in [3.8, 4) is 29.0 Å². The van der Waals surface area contributed by atoms with E-state index in [0.29, 0.717) is 17.7 Å². The van der Waals surface area contributed by atoms with Crippen LogP contribution in [0.15, 0.2) is 255 Å². The summed E-state index contributed by atoms with van der Waals surface area (Å²) >= 11 is 0. The highest BCUT2D eigenvalue weighted by Crippen LogP contribution is 2.36. The van der Waals surface area contributed by atoms with E-state index in [-0.39, 0.29) is 0 Å². The Morgan fingerprint density at radius 3 is 1.11 bits per heavy atom. The van der Waals surface area contributed by atoms with Crippen LogP contribution in [0.5, 0.6) is 0 Å². The van der Waals surface area contributed by atoms with E-state index >= 15 is 0 Å². The minimum absolute atomic E-state index is 0.558. The lowest BCUT2D eigenvalue weighted by Gasteiger charge is -2.35. The largest absolute Gasteiger partial charge is 0.309 e. The van der Waals surface area contributed by atoms with Gasteiger partial charge in [-0.3, -0.25) is 9.13 Å². The Morgan fingerprint density at radius 2 is 0.643 bits per heavy atom. The zero-order chi connectivity index (χ0) is 46.2. The van der Waals surface area contributed by atoms with Crippen LogP contribution in [0.2, 0.25) is 0 Å². The molecule has 4 heterocycles. The summed E-state index contributed by atoms with van der Waals surface area (Å²) in [6.45, 7) is 0. The van der Waals surface area contributed by atoms with E-state index in [9.17, 15) is 0 Å². The highest BCUT2D eigenvalue weighted by atomic mass is 28.3. The smallest absolute Gasteiger partial charge is 0.240 e. The Bertz CT molecular complexity index is 4010. The highest BCUT2D eigenvalue weighted by Gasteiger charge is 2.43. The molecule has 0 aliphatic rings. The van der Waals surface area contributed by atoms with Crippen LogP contribution in [0.4, 0.5) is 0 Å². The van der Waals surface area contributed by atoms with Crippen molar-refractivity contribution in [2.45, 2.75) is 0 Å². The number of para-hydroxylation sites is 6. The molecule has 14 aromatic rings. The van der Waals surface area contributed by atoms with Gasteiger partial charge >= 0.3 is 0 Å². The molecule has 328 valence electrons. The molecule has 0 spiro atoms. The molecule has 6 nitrogen and oxygen atoms in total. The molecule has 0 aliphatic carbocycles. The zero-order valence-electron chi connectivity index (χ0n) is 37.9. The van der Waals surface area contributed by atoms with Crippen LogP contribution in [0.25, 0.3) is 94.4 Å². The van der Waals surface area contributed by atoms with E-state index in [1.54, 1.807) is 0 Å². The number of fused-ring (bicyclic) bond motifs is 9. The third-order valence-corrected chi connectivity index (χ3v) is 19.1. The predicted octanol–water partition coefficient (Wildman–Crippen LogP) is 12.2. The van der Waals surface area contributed by atoms with E-state index in [4.69, 9.17) is 15.0 Å². The molecule has 14 rings (SSSR count). The van der Waals surface area contributed by atoms with Gasteiger partial charge in [-0.1, -0.05) is 206 Å². The van der Waals surface area contributed by atoms with Crippen LogP contribution in [0, 0.1) is 0 Å². The van der Waals surface area contributed by atoms with Crippen molar-refractivity contribution >= 4 is 94.2 Å². The second kappa shape index (κ2) is 16.0. The van der Waals surface area contributed by atoms with Gasteiger partial charge in [0.15, 0.2) is 13.9 Å². The number of rotatable bonds is 8. The summed E-state index contributed by atoms with van der Waals surface area (Å²) in [5.41, 5.74) is 8.55. The maximum Gasteiger partial charge on any atom is 0.240 e. The molecule has 0 radical (unpaired) electrons. The molecule has 7 heteroatoms. The Kier molecular flexibility index (Phi) is 9.12. The van der Waals surface area contributed by atoms with Crippen LogP contribution >= 0.6 is 0 Å². The van der Waals surface area contributed by atoms with E-state index in [1.165, 1.54) is 42.6 Å². The van der Waals surface area contributed by atoms with E-state index in [0.717, 1.165) is 54.9 Å². The molecule has 10 aromatic carbocycles. The normalized spacial score (nSPS) is 12.0. The van der Waals surface area contributed by atoms with Crippen molar-refractivity contribution in [3.63, 3.8) is 0 Å². The van der Waals surface area contributed by atoms with E-state index in [1.807, 2.05) is 0 Å². The lowest BCUT2D eigenvalue weighted by Crippen LogP contribution is -2.74. The number of hydrogen-bond acceptors (Lipinski definition) is 3. The lowest BCUT2D eigenvalue weighted by molar-refractivity contribution is 0.893. The molecule has 0 fully saturated rings. The number of benzene rings is 10. The molecule has 0 unspecified atom stereocenters. The van der Waals surface area contributed by atoms with Gasteiger partial charge in [0.1, 0.15) is 0 Å². The molecule has 0 atom stereocenters. The minimum atomic E-state index is -3.10. The second-order valence-electron chi connectivity index (χ2n) is 17.9. The van der Waals surface area contributed by atoms with Crippen molar-refractivity contribution in [2.24, 2.45) is 0 Å². The Labute approximate surface area is 404 Å².